The summed E-state index contributed by atoms with van der Waals surface area (Å²) in [6.07, 6.45) is 0.356. The summed E-state index contributed by atoms with van der Waals surface area (Å²) in [6, 6.07) is 8.38. The predicted octanol–water partition coefficient (Wildman–Crippen LogP) is 0.160. The van der Waals surface area contributed by atoms with Gasteiger partial charge in [-0.15, -0.1) is 0 Å². The lowest BCUT2D eigenvalue weighted by Gasteiger charge is -2.14. The van der Waals surface area contributed by atoms with Crippen LogP contribution in [-0.4, -0.2) is 35.4 Å². The highest BCUT2D eigenvalue weighted by Crippen LogP contribution is 1.99. The van der Waals surface area contributed by atoms with Crippen molar-refractivity contribution >= 4 is 5.91 Å². The van der Waals surface area contributed by atoms with Gasteiger partial charge in [0.25, 0.3) is 5.91 Å². The average molecular weight is 209 g/mol. The molecule has 0 spiro atoms. The molecule has 0 fully saturated rings. The van der Waals surface area contributed by atoms with Crippen LogP contribution in [0.25, 0.3) is 0 Å². The number of aliphatic hydroxyl groups is 2. The molecule has 1 rings (SSSR count). The van der Waals surface area contributed by atoms with Crippen molar-refractivity contribution in [1.29, 1.82) is 0 Å². The highest BCUT2D eigenvalue weighted by Gasteiger charge is 2.11. The summed E-state index contributed by atoms with van der Waals surface area (Å²) >= 11 is 0. The maximum absolute atomic E-state index is 11.6. The Balaban J connectivity index is 2.55. The smallest absolute Gasteiger partial charge is 0.251 e. The Hall–Kier alpha value is -1.39. The minimum absolute atomic E-state index is 0.0553. The average Bonchev–Trinajstić information content (AvgIpc) is 2.29. The van der Waals surface area contributed by atoms with E-state index in [2.05, 4.69) is 5.32 Å². The van der Waals surface area contributed by atoms with E-state index in [0.717, 1.165) is 0 Å². The van der Waals surface area contributed by atoms with E-state index in [1.165, 1.54) is 0 Å². The standard InChI is InChI=1S/C11H15NO3/c13-7-6-10(8-14)12-11(15)9-4-2-1-3-5-9/h1-5,10,13-14H,6-8H2,(H,12,15). The number of carbonyl (C=O) groups excluding carboxylic acids is 1. The van der Waals surface area contributed by atoms with Gasteiger partial charge in [0.05, 0.1) is 12.6 Å². The van der Waals surface area contributed by atoms with Gasteiger partial charge in [0.15, 0.2) is 0 Å². The van der Waals surface area contributed by atoms with Gasteiger partial charge in [-0.05, 0) is 18.6 Å². The molecule has 1 atom stereocenters. The minimum Gasteiger partial charge on any atom is -0.396 e. The Morgan fingerprint density at radius 1 is 1.27 bits per heavy atom. The third kappa shape index (κ3) is 3.69. The van der Waals surface area contributed by atoms with Crippen LogP contribution in [0.3, 0.4) is 0 Å². The lowest BCUT2D eigenvalue weighted by Crippen LogP contribution is -2.38. The topological polar surface area (TPSA) is 69.6 Å². The maximum Gasteiger partial charge on any atom is 0.251 e. The molecule has 0 saturated heterocycles. The van der Waals surface area contributed by atoms with Gasteiger partial charge >= 0.3 is 0 Å². The van der Waals surface area contributed by atoms with Crippen LogP contribution in [0.5, 0.6) is 0 Å². The molecule has 3 N–H and O–H groups in total. The summed E-state index contributed by atoms with van der Waals surface area (Å²) in [5, 5.41) is 20.3. The first-order chi connectivity index (χ1) is 7.27. The largest absolute Gasteiger partial charge is 0.396 e. The van der Waals surface area contributed by atoms with Crippen LogP contribution in [0.15, 0.2) is 30.3 Å². The first-order valence-electron chi connectivity index (χ1n) is 4.85. The van der Waals surface area contributed by atoms with Gasteiger partial charge in [-0.1, -0.05) is 18.2 Å². The molecule has 0 radical (unpaired) electrons. The summed E-state index contributed by atoms with van der Waals surface area (Å²) in [4.78, 5) is 11.6. The van der Waals surface area contributed by atoms with Gasteiger partial charge < -0.3 is 15.5 Å². The van der Waals surface area contributed by atoms with Crippen LogP contribution < -0.4 is 5.32 Å². The molecule has 4 nitrogen and oxygen atoms in total. The maximum atomic E-state index is 11.6. The van der Waals surface area contributed by atoms with Gasteiger partial charge in [0.1, 0.15) is 0 Å². The van der Waals surface area contributed by atoms with E-state index in [-0.39, 0.29) is 25.2 Å². The Labute approximate surface area is 88.6 Å². The summed E-state index contributed by atoms with van der Waals surface area (Å²) in [5.74, 6) is -0.233. The van der Waals surface area contributed by atoms with Gasteiger partial charge in [-0.3, -0.25) is 4.79 Å². The first kappa shape index (κ1) is 11.7. The van der Waals surface area contributed by atoms with Crippen molar-refractivity contribution in [2.24, 2.45) is 0 Å². The van der Waals surface area contributed by atoms with Crippen LogP contribution in [0, 0.1) is 0 Å². The number of benzene rings is 1. The molecule has 1 aromatic rings. The predicted molar refractivity (Wildman–Crippen MR) is 56.5 cm³/mol. The summed E-state index contributed by atoms with van der Waals surface area (Å²) < 4.78 is 0. The van der Waals surface area contributed by atoms with Crippen molar-refractivity contribution in [2.75, 3.05) is 13.2 Å². The molecular weight excluding hydrogens is 194 g/mol. The number of hydrogen-bond donors (Lipinski definition) is 3. The molecule has 0 aliphatic rings. The number of carbonyl (C=O) groups is 1. The summed E-state index contributed by atoms with van der Waals surface area (Å²) in [6.45, 7) is -0.223. The fourth-order valence-corrected chi connectivity index (χ4v) is 1.22. The van der Waals surface area contributed by atoms with E-state index in [4.69, 9.17) is 10.2 Å². The minimum atomic E-state index is -0.386. The van der Waals surface area contributed by atoms with E-state index in [1.54, 1.807) is 24.3 Å². The SMILES string of the molecule is O=C(NC(CO)CCO)c1ccccc1. The number of amides is 1. The lowest BCUT2D eigenvalue weighted by atomic mass is 10.2. The first-order valence-corrected chi connectivity index (χ1v) is 4.85. The Morgan fingerprint density at radius 2 is 1.93 bits per heavy atom. The van der Waals surface area contributed by atoms with Crippen molar-refractivity contribution in [2.45, 2.75) is 12.5 Å². The number of hydrogen-bond acceptors (Lipinski definition) is 3. The fourth-order valence-electron chi connectivity index (χ4n) is 1.22. The second-order valence-electron chi connectivity index (χ2n) is 3.23. The molecule has 0 saturated carbocycles. The molecular formula is C11H15NO3. The highest BCUT2D eigenvalue weighted by atomic mass is 16.3. The quantitative estimate of drug-likeness (QED) is 0.647. The van der Waals surface area contributed by atoms with E-state index in [0.29, 0.717) is 12.0 Å². The molecule has 0 aliphatic carbocycles. The zero-order valence-corrected chi connectivity index (χ0v) is 8.39. The molecule has 1 amide bonds. The zero-order chi connectivity index (χ0) is 11.1. The van der Waals surface area contributed by atoms with Crippen LogP contribution in [0.2, 0.25) is 0 Å². The van der Waals surface area contributed by atoms with Crippen molar-refractivity contribution in [3.8, 4) is 0 Å². The monoisotopic (exact) mass is 209 g/mol. The summed E-state index contributed by atoms with van der Waals surface area (Å²) in [5.41, 5.74) is 0.550. The van der Waals surface area contributed by atoms with Gasteiger partial charge in [-0.2, -0.15) is 0 Å². The Morgan fingerprint density at radius 3 is 2.47 bits per heavy atom. The number of aliphatic hydroxyl groups excluding tert-OH is 2. The summed E-state index contributed by atoms with van der Waals surface area (Å²) in [7, 11) is 0. The van der Waals surface area contributed by atoms with Crippen LogP contribution in [0.1, 0.15) is 16.8 Å². The molecule has 82 valence electrons. The molecule has 0 aliphatic heterocycles. The fraction of sp³-hybridized carbons (Fsp3) is 0.364. The van der Waals surface area contributed by atoms with E-state index >= 15 is 0 Å². The highest BCUT2D eigenvalue weighted by molar-refractivity contribution is 5.94. The van der Waals surface area contributed by atoms with Crippen LogP contribution >= 0.6 is 0 Å². The molecule has 15 heavy (non-hydrogen) atoms. The van der Waals surface area contributed by atoms with E-state index in [1.807, 2.05) is 6.07 Å². The van der Waals surface area contributed by atoms with Crippen molar-refractivity contribution in [3.05, 3.63) is 35.9 Å². The van der Waals surface area contributed by atoms with Crippen molar-refractivity contribution in [3.63, 3.8) is 0 Å². The Kier molecular flexibility index (Phi) is 4.80. The van der Waals surface area contributed by atoms with E-state index < -0.39 is 0 Å². The molecule has 1 aromatic carbocycles. The van der Waals surface area contributed by atoms with Crippen molar-refractivity contribution < 1.29 is 15.0 Å². The lowest BCUT2D eigenvalue weighted by molar-refractivity contribution is 0.0904. The number of rotatable bonds is 5. The normalized spacial score (nSPS) is 12.1. The second-order valence-corrected chi connectivity index (χ2v) is 3.23. The van der Waals surface area contributed by atoms with Gasteiger partial charge in [0, 0.05) is 12.2 Å². The second kappa shape index (κ2) is 6.16. The molecule has 4 heteroatoms. The van der Waals surface area contributed by atoms with Gasteiger partial charge in [-0.25, -0.2) is 0 Å². The van der Waals surface area contributed by atoms with Crippen molar-refractivity contribution in [1.82, 2.24) is 5.32 Å². The van der Waals surface area contributed by atoms with Crippen LogP contribution in [-0.2, 0) is 0 Å². The third-order valence-electron chi connectivity index (χ3n) is 2.07. The third-order valence-corrected chi connectivity index (χ3v) is 2.07. The zero-order valence-electron chi connectivity index (χ0n) is 8.39. The Bertz CT molecular complexity index is 300. The molecule has 0 aromatic heterocycles. The molecule has 0 bridgehead atoms. The molecule has 0 heterocycles. The van der Waals surface area contributed by atoms with E-state index in [9.17, 15) is 4.79 Å². The van der Waals surface area contributed by atoms with Crippen LogP contribution in [0.4, 0.5) is 0 Å². The molecule has 1 unspecified atom stereocenters. The number of nitrogens with one attached hydrogen (secondary N) is 1. The van der Waals surface area contributed by atoms with Gasteiger partial charge in [0.2, 0.25) is 0 Å².